The summed E-state index contributed by atoms with van der Waals surface area (Å²) in [6.45, 7) is 0. The summed E-state index contributed by atoms with van der Waals surface area (Å²) < 4.78 is 0.922. The van der Waals surface area contributed by atoms with Crippen LogP contribution in [0.5, 0.6) is 0 Å². The average molecular weight is 376 g/mol. The zero-order valence-corrected chi connectivity index (χ0v) is 13.5. The average Bonchev–Trinajstić information content (AvgIpc) is 2.35. The molecular weight excluding hydrogens is 367 g/mol. The lowest BCUT2D eigenvalue weighted by Crippen LogP contribution is -2.12. The number of rotatable bonds is 3. The molecule has 0 heterocycles. The zero-order chi connectivity index (χ0) is 14.0. The number of nitrogens with two attached hydrogens (primary N) is 1. The zero-order valence-electron chi connectivity index (χ0n) is 9.58. The van der Waals surface area contributed by atoms with E-state index in [9.17, 15) is 0 Å². The summed E-state index contributed by atoms with van der Waals surface area (Å²) in [5.74, 6) is 0. The van der Waals surface area contributed by atoms with E-state index in [4.69, 9.17) is 41.2 Å². The van der Waals surface area contributed by atoms with E-state index in [1.165, 1.54) is 0 Å². The van der Waals surface area contributed by atoms with Crippen LogP contribution >= 0.6 is 51.3 Å². The molecule has 98 valence electrons. The minimum absolute atomic E-state index is 0.274. The Morgan fingerprint density at radius 2 is 1.84 bits per heavy atom. The molecule has 0 bridgehead atoms. The molecule has 0 unspecified atom stereocenters. The highest BCUT2D eigenvalue weighted by atomic mass is 79.9. The first-order chi connectivity index (χ1) is 8.97. The van der Waals surface area contributed by atoms with Crippen molar-refractivity contribution in [3.05, 3.63) is 56.5 Å². The first kappa shape index (κ1) is 14.6. The van der Waals surface area contributed by atoms with Crippen LogP contribution in [-0.2, 0) is 0 Å². The number of halogens is 3. The first-order valence-electron chi connectivity index (χ1n) is 5.29. The standard InChI is InChI=1S/C13H9BrCl2N2S/c14-7-1-3-10(16)12(5-7)18-11-4-2-8(15)6-9(11)13(17)19/h1-6,18H,(H2,17,19). The quantitative estimate of drug-likeness (QED) is 0.730. The van der Waals surface area contributed by atoms with Gasteiger partial charge in [0.05, 0.1) is 10.7 Å². The van der Waals surface area contributed by atoms with E-state index >= 15 is 0 Å². The molecule has 0 aromatic heterocycles. The van der Waals surface area contributed by atoms with Gasteiger partial charge in [0.15, 0.2) is 0 Å². The highest BCUT2D eigenvalue weighted by molar-refractivity contribution is 9.10. The molecule has 0 amide bonds. The second-order valence-corrected chi connectivity index (χ2v) is 6.00. The molecule has 19 heavy (non-hydrogen) atoms. The summed E-state index contributed by atoms with van der Waals surface area (Å²) in [7, 11) is 0. The minimum Gasteiger partial charge on any atom is -0.389 e. The molecule has 2 nitrogen and oxygen atoms in total. The van der Waals surface area contributed by atoms with Crippen molar-refractivity contribution in [1.82, 2.24) is 0 Å². The van der Waals surface area contributed by atoms with E-state index in [0.29, 0.717) is 15.6 Å². The number of hydrogen-bond acceptors (Lipinski definition) is 2. The summed E-state index contributed by atoms with van der Waals surface area (Å²) in [6, 6.07) is 10.8. The molecule has 0 spiro atoms. The lowest BCUT2D eigenvalue weighted by molar-refractivity contribution is 1.51. The molecule has 2 rings (SSSR count). The molecule has 2 aromatic rings. The van der Waals surface area contributed by atoms with Crippen LogP contribution in [-0.4, -0.2) is 4.99 Å². The van der Waals surface area contributed by atoms with E-state index in [2.05, 4.69) is 21.2 Å². The first-order valence-corrected chi connectivity index (χ1v) is 7.24. The molecule has 0 saturated heterocycles. The monoisotopic (exact) mass is 374 g/mol. The number of thiocarbonyl (C=S) groups is 1. The van der Waals surface area contributed by atoms with Crippen molar-refractivity contribution >= 4 is 67.7 Å². The third-order valence-corrected chi connectivity index (χ3v) is 3.72. The lowest BCUT2D eigenvalue weighted by atomic mass is 10.1. The second kappa shape index (κ2) is 6.09. The van der Waals surface area contributed by atoms with Gasteiger partial charge in [-0.2, -0.15) is 0 Å². The van der Waals surface area contributed by atoms with Crippen LogP contribution in [0, 0.1) is 0 Å². The van der Waals surface area contributed by atoms with Crippen LogP contribution in [0.4, 0.5) is 11.4 Å². The fourth-order valence-electron chi connectivity index (χ4n) is 1.57. The Morgan fingerprint density at radius 3 is 2.53 bits per heavy atom. The third-order valence-electron chi connectivity index (χ3n) is 2.44. The van der Waals surface area contributed by atoms with Crippen LogP contribution in [0.2, 0.25) is 10.0 Å². The number of hydrogen-bond donors (Lipinski definition) is 2. The molecule has 0 aliphatic heterocycles. The smallest absolute Gasteiger partial charge is 0.106 e. The van der Waals surface area contributed by atoms with Crippen molar-refractivity contribution in [3.8, 4) is 0 Å². The van der Waals surface area contributed by atoms with Crippen molar-refractivity contribution in [2.45, 2.75) is 0 Å². The van der Waals surface area contributed by atoms with Gasteiger partial charge < -0.3 is 11.1 Å². The van der Waals surface area contributed by atoms with Crippen LogP contribution in [0.15, 0.2) is 40.9 Å². The molecule has 0 fully saturated rings. The van der Waals surface area contributed by atoms with Crippen LogP contribution < -0.4 is 11.1 Å². The Labute approximate surface area is 135 Å². The van der Waals surface area contributed by atoms with E-state index in [-0.39, 0.29) is 4.99 Å². The Kier molecular flexibility index (Phi) is 4.68. The van der Waals surface area contributed by atoms with Gasteiger partial charge in [-0.05, 0) is 36.4 Å². The van der Waals surface area contributed by atoms with Gasteiger partial charge in [-0.25, -0.2) is 0 Å². The van der Waals surface area contributed by atoms with Gasteiger partial charge in [-0.15, -0.1) is 0 Å². The summed E-state index contributed by atoms with van der Waals surface area (Å²) in [6.07, 6.45) is 0. The third kappa shape index (κ3) is 3.60. The highest BCUT2D eigenvalue weighted by Crippen LogP contribution is 2.30. The summed E-state index contributed by atoms with van der Waals surface area (Å²) in [5.41, 5.74) is 7.90. The lowest BCUT2D eigenvalue weighted by Gasteiger charge is -2.13. The van der Waals surface area contributed by atoms with Crippen molar-refractivity contribution in [2.75, 3.05) is 5.32 Å². The van der Waals surface area contributed by atoms with E-state index in [1.54, 1.807) is 18.2 Å². The van der Waals surface area contributed by atoms with Crippen molar-refractivity contribution in [3.63, 3.8) is 0 Å². The number of benzene rings is 2. The second-order valence-electron chi connectivity index (χ2n) is 3.80. The Morgan fingerprint density at radius 1 is 1.11 bits per heavy atom. The molecule has 2 aromatic carbocycles. The predicted octanol–water partition coefficient (Wildman–Crippen LogP) is 5.13. The van der Waals surface area contributed by atoms with Crippen molar-refractivity contribution in [2.24, 2.45) is 5.73 Å². The topological polar surface area (TPSA) is 38.0 Å². The Hall–Kier alpha value is -0.810. The normalized spacial score (nSPS) is 10.3. The highest BCUT2D eigenvalue weighted by Gasteiger charge is 2.08. The summed E-state index contributed by atoms with van der Waals surface area (Å²) >= 11 is 20.5. The van der Waals surface area contributed by atoms with Gasteiger partial charge in [0, 0.05) is 20.7 Å². The molecule has 3 N–H and O–H groups in total. The van der Waals surface area contributed by atoms with Crippen LogP contribution in [0.25, 0.3) is 0 Å². The van der Waals surface area contributed by atoms with E-state index in [1.807, 2.05) is 18.2 Å². The maximum atomic E-state index is 6.14. The number of anilines is 2. The molecule has 0 aliphatic carbocycles. The van der Waals surface area contributed by atoms with E-state index < -0.39 is 0 Å². The maximum absolute atomic E-state index is 6.14. The van der Waals surface area contributed by atoms with Gasteiger partial charge >= 0.3 is 0 Å². The maximum Gasteiger partial charge on any atom is 0.106 e. The summed E-state index contributed by atoms with van der Waals surface area (Å²) in [4.78, 5) is 0.274. The fraction of sp³-hybridized carbons (Fsp3) is 0. The van der Waals surface area contributed by atoms with Crippen molar-refractivity contribution in [1.29, 1.82) is 0 Å². The SMILES string of the molecule is NC(=S)c1cc(Cl)ccc1Nc1cc(Br)ccc1Cl. The fourth-order valence-corrected chi connectivity index (χ4v) is 2.43. The van der Waals surface area contributed by atoms with Crippen LogP contribution in [0.1, 0.15) is 5.56 Å². The van der Waals surface area contributed by atoms with Gasteiger partial charge in [0.25, 0.3) is 0 Å². The Bertz CT molecular complexity index is 647. The predicted molar refractivity (Wildman–Crippen MR) is 89.8 cm³/mol. The largest absolute Gasteiger partial charge is 0.389 e. The van der Waals surface area contributed by atoms with Gasteiger partial charge in [0.2, 0.25) is 0 Å². The van der Waals surface area contributed by atoms with Crippen LogP contribution in [0.3, 0.4) is 0 Å². The molecule has 6 heteroatoms. The van der Waals surface area contributed by atoms with E-state index in [0.717, 1.165) is 15.8 Å². The van der Waals surface area contributed by atoms with Crippen molar-refractivity contribution < 1.29 is 0 Å². The summed E-state index contributed by atoms with van der Waals surface area (Å²) in [5, 5.41) is 4.38. The van der Waals surface area contributed by atoms with Gasteiger partial charge in [-0.3, -0.25) is 0 Å². The molecule has 0 radical (unpaired) electrons. The number of nitrogens with one attached hydrogen (secondary N) is 1. The molecular formula is C13H9BrCl2N2S. The molecule has 0 atom stereocenters. The Balaban J connectivity index is 2.43. The molecule has 0 saturated carbocycles. The molecule has 0 aliphatic rings. The van der Waals surface area contributed by atoms with Gasteiger partial charge in [-0.1, -0.05) is 51.3 Å². The minimum atomic E-state index is 0.274. The van der Waals surface area contributed by atoms with Gasteiger partial charge in [0.1, 0.15) is 4.99 Å².